The maximum absolute atomic E-state index is 13.3. The summed E-state index contributed by atoms with van der Waals surface area (Å²) in [5.41, 5.74) is 2.59. The fourth-order valence-electron chi connectivity index (χ4n) is 4.25. The Morgan fingerprint density at radius 2 is 1.67 bits per heavy atom. The lowest BCUT2D eigenvalue weighted by atomic mass is 10.0. The van der Waals surface area contributed by atoms with Crippen LogP contribution in [-0.4, -0.2) is 20.9 Å². The van der Waals surface area contributed by atoms with E-state index in [4.69, 9.17) is 0 Å². The molecule has 1 aliphatic heterocycles. The van der Waals surface area contributed by atoms with Crippen LogP contribution in [-0.2, 0) is 16.4 Å². The number of rotatable bonds is 4. The Bertz CT molecular complexity index is 1460. The molecule has 0 saturated carbocycles. The monoisotopic (exact) mass is 460 g/mol. The molecule has 33 heavy (non-hydrogen) atoms. The summed E-state index contributed by atoms with van der Waals surface area (Å²) in [5, 5.41) is 4.79. The van der Waals surface area contributed by atoms with Crippen LogP contribution in [0.2, 0.25) is 0 Å². The van der Waals surface area contributed by atoms with Crippen LogP contribution >= 0.6 is 0 Å². The largest absolute Gasteiger partial charge is 0.322 e. The second-order valence-corrected chi connectivity index (χ2v) is 9.82. The van der Waals surface area contributed by atoms with Gasteiger partial charge in [-0.05, 0) is 77.7 Å². The molecule has 0 radical (unpaired) electrons. The Hall–Kier alpha value is -3.71. The minimum atomic E-state index is -3.82. The summed E-state index contributed by atoms with van der Waals surface area (Å²) < 4.78 is 41.0. The summed E-state index contributed by atoms with van der Waals surface area (Å²) >= 11 is 0. The van der Waals surface area contributed by atoms with Gasteiger partial charge < -0.3 is 5.32 Å². The van der Waals surface area contributed by atoms with Gasteiger partial charge in [0.2, 0.25) is 0 Å². The minimum absolute atomic E-state index is 0.0464. The van der Waals surface area contributed by atoms with Gasteiger partial charge in [-0.3, -0.25) is 9.10 Å². The topological polar surface area (TPSA) is 66.5 Å². The summed E-state index contributed by atoms with van der Waals surface area (Å²) in [5.74, 6) is -0.710. The Morgan fingerprint density at radius 3 is 2.48 bits per heavy atom. The number of halogens is 1. The van der Waals surface area contributed by atoms with Crippen LogP contribution in [0.5, 0.6) is 0 Å². The summed E-state index contributed by atoms with van der Waals surface area (Å²) in [6, 6.07) is 23.4. The second kappa shape index (κ2) is 8.33. The molecule has 4 aromatic carbocycles. The SMILES string of the molecule is O=C(Nc1ccc2c(c1)CCCN2S(=O)(=O)c1ccc(F)cc1)c1cccc2ccccc12. The molecule has 166 valence electrons. The van der Waals surface area contributed by atoms with Crippen molar-refractivity contribution in [1.82, 2.24) is 0 Å². The highest BCUT2D eigenvalue weighted by Crippen LogP contribution is 2.34. The number of benzene rings is 4. The van der Waals surface area contributed by atoms with Crippen molar-refractivity contribution in [2.45, 2.75) is 17.7 Å². The van der Waals surface area contributed by atoms with Crippen LogP contribution in [0.15, 0.2) is 89.8 Å². The normalized spacial score (nSPS) is 13.5. The van der Waals surface area contributed by atoms with E-state index in [1.54, 1.807) is 18.2 Å². The molecule has 5 nitrogen and oxygen atoms in total. The van der Waals surface area contributed by atoms with E-state index in [1.807, 2.05) is 42.5 Å². The van der Waals surface area contributed by atoms with Gasteiger partial charge in [0.1, 0.15) is 5.82 Å². The third-order valence-corrected chi connectivity index (χ3v) is 7.68. The Labute approximate surface area is 191 Å². The van der Waals surface area contributed by atoms with Crippen LogP contribution in [0.4, 0.5) is 15.8 Å². The number of aryl methyl sites for hydroxylation is 1. The van der Waals surface area contributed by atoms with Crippen molar-refractivity contribution in [3.63, 3.8) is 0 Å². The first-order chi connectivity index (χ1) is 15.9. The molecule has 0 spiro atoms. The van der Waals surface area contributed by atoms with Crippen LogP contribution in [0.3, 0.4) is 0 Å². The fourth-order valence-corrected chi connectivity index (χ4v) is 5.79. The number of carbonyl (C=O) groups is 1. The molecule has 0 saturated heterocycles. The maximum atomic E-state index is 13.3. The number of hydrogen-bond donors (Lipinski definition) is 1. The molecule has 0 aromatic heterocycles. The van der Waals surface area contributed by atoms with Crippen LogP contribution in [0, 0.1) is 5.82 Å². The van der Waals surface area contributed by atoms with E-state index in [0.29, 0.717) is 36.3 Å². The predicted molar refractivity (Wildman–Crippen MR) is 128 cm³/mol. The first-order valence-corrected chi connectivity index (χ1v) is 12.1. The number of nitrogens with one attached hydrogen (secondary N) is 1. The molecule has 0 unspecified atom stereocenters. The molecule has 1 heterocycles. The third-order valence-electron chi connectivity index (χ3n) is 5.85. The smallest absolute Gasteiger partial charge is 0.264 e. The lowest BCUT2D eigenvalue weighted by Gasteiger charge is -2.31. The van der Waals surface area contributed by atoms with Crippen LogP contribution in [0.1, 0.15) is 22.3 Å². The number of hydrogen-bond acceptors (Lipinski definition) is 3. The molecule has 0 atom stereocenters. The van der Waals surface area contributed by atoms with Gasteiger partial charge in [-0.15, -0.1) is 0 Å². The van der Waals surface area contributed by atoms with Gasteiger partial charge in [0, 0.05) is 17.8 Å². The number of fused-ring (bicyclic) bond motifs is 2. The van der Waals surface area contributed by atoms with Crippen LogP contribution < -0.4 is 9.62 Å². The van der Waals surface area contributed by atoms with Gasteiger partial charge in [-0.1, -0.05) is 36.4 Å². The predicted octanol–water partition coefficient (Wildman–Crippen LogP) is 5.37. The summed E-state index contributed by atoms with van der Waals surface area (Å²) in [6.07, 6.45) is 1.34. The highest BCUT2D eigenvalue weighted by Gasteiger charge is 2.29. The molecule has 0 aliphatic carbocycles. The van der Waals surface area contributed by atoms with Gasteiger partial charge in [0.15, 0.2) is 0 Å². The molecule has 1 N–H and O–H groups in total. The lowest BCUT2D eigenvalue weighted by molar-refractivity contribution is 0.102. The average Bonchev–Trinajstić information content (AvgIpc) is 2.83. The second-order valence-electron chi connectivity index (χ2n) is 7.96. The molecule has 5 rings (SSSR count). The van der Waals surface area contributed by atoms with E-state index in [9.17, 15) is 17.6 Å². The number of anilines is 2. The summed E-state index contributed by atoms with van der Waals surface area (Å²) in [4.78, 5) is 13.0. The van der Waals surface area contributed by atoms with Gasteiger partial charge in [-0.2, -0.15) is 0 Å². The Morgan fingerprint density at radius 1 is 0.909 bits per heavy atom. The zero-order chi connectivity index (χ0) is 23.0. The van der Waals surface area contributed by atoms with Gasteiger partial charge in [0.25, 0.3) is 15.9 Å². The van der Waals surface area contributed by atoms with Crippen molar-refractivity contribution in [1.29, 1.82) is 0 Å². The Balaban J connectivity index is 1.44. The summed E-state index contributed by atoms with van der Waals surface area (Å²) in [6.45, 7) is 0.342. The third kappa shape index (κ3) is 3.96. The first kappa shape index (κ1) is 21.2. The van der Waals surface area contributed by atoms with Crippen molar-refractivity contribution in [2.75, 3.05) is 16.2 Å². The minimum Gasteiger partial charge on any atom is -0.322 e. The zero-order valence-electron chi connectivity index (χ0n) is 17.7. The number of carbonyl (C=O) groups excluding carboxylic acids is 1. The Kier molecular flexibility index (Phi) is 5.34. The maximum Gasteiger partial charge on any atom is 0.264 e. The van der Waals surface area contributed by atoms with E-state index in [2.05, 4.69) is 5.32 Å². The number of nitrogens with zero attached hydrogens (tertiary/aromatic N) is 1. The highest BCUT2D eigenvalue weighted by molar-refractivity contribution is 7.92. The first-order valence-electron chi connectivity index (χ1n) is 10.6. The molecule has 1 amide bonds. The van der Waals surface area contributed by atoms with Gasteiger partial charge >= 0.3 is 0 Å². The van der Waals surface area contributed by atoms with E-state index in [-0.39, 0.29) is 10.8 Å². The molecule has 0 fully saturated rings. The molecular weight excluding hydrogens is 439 g/mol. The molecule has 1 aliphatic rings. The van der Waals surface area contributed by atoms with E-state index in [1.165, 1.54) is 16.4 Å². The van der Waals surface area contributed by atoms with Gasteiger partial charge in [-0.25, -0.2) is 12.8 Å². The lowest BCUT2D eigenvalue weighted by Crippen LogP contribution is -2.35. The fraction of sp³-hybridized carbons (Fsp3) is 0.115. The summed E-state index contributed by atoms with van der Waals surface area (Å²) in [7, 11) is -3.82. The van der Waals surface area contributed by atoms with E-state index in [0.717, 1.165) is 28.5 Å². The van der Waals surface area contributed by atoms with E-state index < -0.39 is 15.8 Å². The zero-order valence-corrected chi connectivity index (χ0v) is 18.5. The molecular formula is C26H21FN2O3S. The quantitative estimate of drug-likeness (QED) is 0.445. The standard InChI is InChI=1S/C26H21FN2O3S/c27-20-10-13-22(14-11-20)33(31,32)29-16-4-7-19-17-21(12-15-25(19)29)28-26(30)24-9-3-6-18-5-1-2-8-23(18)24/h1-3,5-6,8-15,17H,4,7,16H2,(H,28,30). The molecule has 7 heteroatoms. The number of sulfonamides is 1. The molecule has 4 aromatic rings. The number of amides is 1. The molecule has 0 bridgehead atoms. The highest BCUT2D eigenvalue weighted by atomic mass is 32.2. The van der Waals surface area contributed by atoms with Crippen molar-refractivity contribution in [3.8, 4) is 0 Å². The average molecular weight is 461 g/mol. The van der Waals surface area contributed by atoms with Crippen molar-refractivity contribution < 1.29 is 17.6 Å². The van der Waals surface area contributed by atoms with Crippen LogP contribution in [0.25, 0.3) is 10.8 Å². The van der Waals surface area contributed by atoms with Crippen molar-refractivity contribution in [2.24, 2.45) is 0 Å². The van der Waals surface area contributed by atoms with Crippen molar-refractivity contribution in [3.05, 3.63) is 102 Å². The van der Waals surface area contributed by atoms with Gasteiger partial charge in [0.05, 0.1) is 10.6 Å². The van der Waals surface area contributed by atoms with E-state index >= 15 is 0 Å². The van der Waals surface area contributed by atoms with Crippen molar-refractivity contribution >= 4 is 38.1 Å².